The summed E-state index contributed by atoms with van der Waals surface area (Å²) in [4.78, 5) is 5.77. The Morgan fingerprint density at radius 2 is 2.40 bits per heavy atom. The molecule has 0 bridgehead atoms. The maximum absolute atomic E-state index is 11.4. The number of rotatable bonds is 2. The minimum atomic E-state index is 0.233. The second-order valence-electron chi connectivity index (χ2n) is 2.91. The molecule has 1 fully saturated rings. The molecule has 0 aliphatic carbocycles. The van der Waals surface area contributed by atoms with Crippen LogP contribution < -0.4 is 0 Å². The first-order valence-corrected chi connectivity index (χ1v) is 3.78. The van der Waals surface area contributed by atoms with E-state index in [0.717, 1.165) is 13.0 Å². The van der Waals surface area contributed by atoms with E-state index in [1.165, 1.54) is 12.8 Å². The Morgan fingerprint density at radius 3 is 3.00 bits per heavy atom. The molecule has 0 aromatic heterocycles. The van der Waals surface area contributed by atoms with Crippen molar-refractivity contribution >= 4 is 0 Å². The summed E-state index contributed by atoms with van der Waals surface area (Å²) in [6.07, 6.45) is 3.51. The molecule has 1 unspecified atom stereocenters. The van der Waals surface area contributed by atoms with Crippen LogP contribution in [0.1, 0.15) is 19.3 Å². The molecule has 60 valence electrons. The third kappa shape index (κ3) is 1.92. The van der Waals surface area contributed by atoms with E-state index in [1.54, 1.807) is 0 Å². The van der Waals surface area contributed by atoms with Gasteiger partial charge in [-0.15, -0.1) is 0 Å². The van der Waals surface area contributed by atoms with E-state index in [0.29, 0.717) is 6.04 Å². The largest absolute Gasteiger partial charge is 0.301 e. The maximum Gasteiger partial charge on any atom is 0.103 e. The van der Waals surface area contributed by atoms with Gasteiger partial charge >= 0.3 is 0 Å². The Balaban J connectivity index is 2.25. The van der Waals surface area contributed by atoms with Gasteiger partial charge in [-0.2, -0.15) is 4.94 Å². The van der Waals surface area contributed by atoms with Gasteiger partial charge in [0.1, 0.15) is 6.61 Å². The molecule has 1 atom stereocenters. The lowest BCUT2D eigenvalue weighted by molar-refractivity contribution is -0.150. The van der Waals surface area contributed by atoms with Gasteiger partial charge in [-0.1, -0.05) is 6.42 Å². The standard InChI is InChI=1S/C7H14FNO/c1-9-5-3-2-4-7(9)6-10-8/h7H,2-6H2,1H3. The zero-order valence-corrected chi connectivity index (χ0v) is 6.35. The van der Waals surface area contributed by atoms with E-state index in [9.17, 15) is 4.53 Å². The highest BCUT2D eigenvalue weighted by Gasteiger charge is 2.18. The SMILES string of the molecule is CN1CCCCC1COF. The van der Waals surface area contributed by atoms with Gasteiger partial charge < -0.3 is 4.90 Å². The molecule has 0 spiro atoms. The first kappa shape index (κ1) is 7.95. The fraction of sp³-hybridized carbons (Fsp3) is 1.00. The Hall–Kier alpha value is -0.150. The van der Waals surface area contributed by atoms with E-state index >= 15 is 0 Å². The Labute approximate surface area is 60.9 Å². The average molecular weight is 147 g/mol. The summed E-state index contributed by atoms with van der Waals surface area (Å²) < 4.78 is 11.4. The fourth-order valence-electron chi connectivity index (χ4n) is 1.43. The molecule has 0 amide bonds. The van der Waals surface area contributed by atoms with E-state index in [2.05, 4.69) is 9.84 Å². The summed E-state index contributed by atoms with van der Waals surface area (Å²) in [7, 11) is 2.02. The van der Waals surface area contributed by atoms with Crippen molar-refractivity contribution in [2.75, 3.05) is 20.2 Å². The number of halogens is 1. The van der Waals surface area contributed by atoms with Crippen LogP contribution in [0.4, 0.5) is 4.53 Å². The summed E-state index contributed by atoms with van der Waals surface area (Å²) in [5.41, 5.74) is 0. The Morgan fingerprint density at radius 1 is 1.60 bits per heavy atom. The number of nitrogens with zero attached hydrogens (tertiary/aromatic N) is 1. The van der Waals surface area contributed by atoms with Gasteiger partial charge in [0.05, 0.1) is 0 Å². The first-order valence-electron chi connectivity index (χ1n) is 3.78. The predicted octanol–water partition coefficient (Wildman–Crippen LogP) is 1.37. The van der Waals surface area contributed by atoms with Crippen molar-refractivity contribution in [3.05, 3.63) is 0 Å². The van der Waals surface area contributed by atoms with Crippen LogP contribution in [0.15, 0.2) is 0 Å². The van der Waals surface area contributed by atoms with E-state index in [4.69, 9.17) is 0 Å². The lowest BCUT2D eigenvalue weighted by Crippen LogP contribution is -2.38. The minimum Gasteiger partial charge on any atom is -0.301 e. The molecule has 0 aromatic carbocycles. The zero-order chi connectivity index (χ0) is 7.40. The molecule has 1 heterocycles. The van der Waals surface area contributed by atoms with Crippen LogP contribution >= 0.6 is 0 Å². The van der Waals surface area contributed by atoms with Gasteiger partial charge in [-0.05, 0) is 31.0 Å². The lowest BCUT2D eigenvalue weighted by Gasteiger charge is -2.30. The quantitative estimate of drug-likeness (QED) is 0.585. The molecule has 0 saturated carbocycles. The van der Waals surface area contributed by atoms with Crippen LogP contribution in [0.25, 0.3) is 0 Å². The second kappa shape index (κ2) is 3.88. The Bertz CT molecular complexity index is 97.6. The van der Waals surface area contributed by atoms with Crippen molar-refractivity contribution in [1.29, 1.82) is 0 Å². The fourth-order valence-corrected chi connectivity index (χ4v) is 1.43. The van der Waals surface area contributed by atoms with Gasteiger partial charge in [0.25, 0.3) is 0 Å². The average Bonchev–Trinajstić information content (AvgIpc) is 1.94. The number of piperidine rings is 1. The van der Waals surface area contributed by atoms with Gasteiger partial charge in [0.15, 0.2) is 0 Å². The molecule has 2 nitrogen and oxygen atoms in total. The lowest BCUT2D eigenvalue weighted by atomic mass is 10.0. The molecule has 1 aliphatic heterocycles. The molecule has 1 saturated heterocycles. The highest BCUT2D eigenvalue weighted by atomic mass is 19.3. The van der Waals surface area contributed by atoms with Gasteiger partial charge in [-0.3, -0.25) is 0 Å². The topological polar surface area (TPSA) is 12.5 Å². The van der Waals surface area contributed by atoms with Gasteiger partial charge in [0, 0.05) is 6.04 Å². The van der Waals surface area contributed by atoms with E-state index < -0.39 is 0 Å². The van der Waals surface area contributed by atoms with Crippen molar-refractivity contribution in [1.82, 2.24) is 4.90 Å². The third-order valence-corrected chi connectivity index (χ3v) is 2.18. The highest BCUT2D eigenvalue weighted by molar-refractivity contribution is 4.72. The molecular formula is C7H14FNO. The van der Waals surface area contributed by atoms with E-state index in [1.807, 2.05) is 7.05 Å². The monoisotopic (exact) mass is 147 g/mol. The molecule has 10 heavy (non-hydrogen) atoms. The van der Waals surface area contributed by atoms with Gasteiger partial charge in [0.2, 0.25) is 0 Å². The first-order chi connectivity index (χ1) is 4.84. The second-order valence-corrected chi connectivity index (χ2v) is 2.91. The molecular weight excluding hydrogens is 133 g/mol. The van der Waals surface area contributed by atoms with Crippen LogP contribution in [-0.2, 0) is 4.94 Å². The van der Waals surface area contributed by atoms with Crippen molar-refractivity contribution in [2.45, 2.75) is 25.3 Å². The summed E-state index contributed by atoms with van der Waals surface area (Å²) in [6.45, 7) is 1.31. The van der Waals surface area contributed by atoms with Crippen LogP contribution in [0.3, 0.4) is 0 Å². The molecule has 1 aliphatic rings. The highest BCUT2D eigenvalue weighted by Crippen LogP contribution is 2.14. The molecule has 0 radical (unpaired) electrons. The number of hydrogen-bond donors (Lipinski definition) is 0. The van der Waals surface area contributed by atoms with Crippen molar-refractivity contribution in [3.63, 3.8) is 0 Å². The predicted molar refractivity (Wildman–Crippen MR) is 37.3 cm³/mol. The van der Waals surface area contributed by atoms with Crippen molar-refractivity contribution < 1.29 is 9.47 Å². The van der Waals surface area contributed by atoms with Gasteiger partial charge in [-0.25, -0.2) is 0 Å². The summed E-state index contributed by atoms with van der Waals surface area (Å²) in [5, 5.41) is 0. The smallest absolute Gasteiger partial charge is 0.103 e. The molecule has 3 heteroatoms. The van der Waals surface area contributed by atoms with E-state index in [-0.39, 0.29) is 6.61 Å². The van der Waals surface area contributed by atoms with Crippen LogP contribution in [0, 0.1) is 0 Å². The minimum absolute atomic E-state index is 0.233. The maximum atomic E-state index is 11.4. The zero-order valence-electron chi connectivity index (χ0n) is 6.35. The molecule has 0 aromatic rings. The summed E-state index contributed by atoms with van der Waals surface area (Å²) >= 11 is 0. The summed E-state index contributed by atoms with van der Waals surface area (Å²) in [6, 6.07) is 0.304. The molecule has 1 rings (SSSR count). The molecule has 0 N–H and O–H groups in total. The van der Waals surface area contributed by atoms with Crippen molar-refractivity contribution in [3.8, 4) is 0 Å². The normalized spacial score (nSPS) is 28.8. The van der Waals surface area contributed by atoms with Crippen LogP contribution in [0.2, 0.25) is 0 Å². The Kier molecular flexibility index (Phi) is 3.09. The third-order valence-electron chi connectivity index (χ3n) is 2.18. The number of likely N-dealkylation sites (N-methyl/N-ethyl adjacent to an activating group) is 1. The van der Waals surface area contributed by atoms with Crippen LogP contribution in [0.5, 0.6) is 0 Å². The van der Waals surface area contributed by atoms with Crippen LogP contribution in [-0.4, -0.2) is 31.1 Å². The van der Waals surface area contributed by atoms with Crippen molar-refractivity contribution in [2.24, 2.45) is 0 Å². The summed E-state index contributed by atoms with van der Waals surface area (Å²) in [5.74, 6) is 0. The number of likely N-dealkylation sites (tertiary alicyclic amines) is 1. The number of hydrogen-bond acceptors (Lipinski definition) is 2.